The minimum atomic E-state index is -0.801. The molecule has 1 aromatic heterocycles. The second-order valence-corrected chi connectivity index (χ2v) is 13.0. The van der Waals surface area contributed by atoms with Crippen molar-refractivity contribution < 1.29 is 19.2 Å². The Bertz CT molecular complexity index is 1250. The zero-order chi connectivity index (χ0) is 33.2. The van der Waals surface area contributed by atoms with Crippen molar-refractivity contribution in [3.8, 4) is 0 Å². The van der Waals surface area contributed by atoms with E-state index in [9.17, 15) is 19.2 Å². The van der Waals surface area contributed by atoms with Crippen LogP contribution in [0.15, 0.2) is 35.5 Å². The smallest absolute Gasteiger partial charge is 0.224 e. The van der Waals surface area contributed by atoms with Crippen molar-refractivity contribution in [3.63, 3.8) is 0 Å². The van der Waals surface area contributed by atoms with E-state index in [0.717, 1.165) is 35.7 Å². The molecule has 3 atom stereocenters. The van der Waals surface area contributed by atoms with Gasteiger partial charge in [-0.25, -0.2) is 0 Å². The van der Waals surface area contributed by atoms with Gasteiger partial charge < -0.3 is 21.8 Å². The molecule has 45 heavy (non-hydrogen) atoms. The van der Waals surface area contributed by atoms with Gasteiger partial charge >= 0.3 is 0 Å². The molecule has 1 amide bonds. The largest absolute Gasteiger partial charge is 0.370 e. The molecule has 1 heterocycles. The first-order valence-corrected chi connectivity index (χ1v) is 17.0. The average molecular weight is 624 g/mol. The molecule has 2 rings (SSSR count). The van der Waals surface area contributed by atoms with E-state index in [0.29, 0.717) is 38.6 Å². The normalized spacial score (nSPS) is 13.4. The maximum Gasteiger partial charge on any atom is 0.224 e. The maximum atomic E-state index is 13.9. The van der Waals surface area contributed by atoms with Crippen molar-refractivity contribution in [2.24, 2.45) is 34.2 Å². The average Bonchev–Trinajstić information content (AvgIpc) is 3.39. The summed E-state index contributed by atoms with van der Waals surface area (Å²) in [6.45, 7) is 8.07. The summed E-state index contributed by atoms with van der Waals surface area (Å²) in [6.07, 6.45) is 12.1. The van der Waals surface area contributed by atoms with Gasteiger partial charge in [-0.15, -0.1) is 0 Å². The Labute approximate surface area is 269 Å². The van der Waals surface area contributed by atoms with Gasteiger partial charge in [0, 0.05) is 54.7 Å². The SMILES string of the molecule is CCCCCCCCCC(=O)C[C@H](Cc1c[nH]c2ccccc12)C(=O)N[C@@H](CCCN=C(N)N)C(=O)C[C@@H](CC(C)C)C(C)=O. The van der Waals surface area contributed by atoms with Gasteiger partial charge in [0.1, 0.15) is 11.6 Å². The Morgan fingerprint density at radius 2 is 1.60 bits per heavy atom. The molecule has 0 fully saturated rings. The summed E-state index contributed by atoms with van der Waals surface area (Å²) in [5, 5.41) is 4.00. The number of aromatic amines is 1. The van der Waals surface area contributed by atoms with Crippen LogP contribution in [0, 0.1) is 17.8 Å². The van der Waals surface area contributed by atoms with E-state index in [1.165, 1.54) is 32.6 Å². The van der Waals surface area contributed by atoms with Crippen molar-refractivity contribution >= 4 is 40.1 Å². The van der Waals surface area contributed by atoms with Crippen LogP contribution in [0.4, 0.5) is 0 Å². The molecule has 0 unspecified atom stereocenters. The number of benzene rings is 1. The molecule has 0 aliphatic carbocycles. The molecular formula is C36H57N5O4. The second kappa shape index (κ2) is 20.5. The summed E-state index contributed by atoms with van der Waals surface area (Å²) in [5.74, 6) is -1.29. The molecular weight excluding hydrogens is 566 g/mol. The third-order valence-electron chi connectivity index (χ3n) is 8.47. The Hall–Kier alpha value is -3.49. The molecule has 2 aromatic rings. The van der Waals surface area contributed by atoms with Crippen LogP contribution in [0.5, 0.6) is 0 Å². The minimum absolute atomic E-state index is 0.0317. The molecule has 9 heteroatoms. The number of nitrogens with one attached hydrogen (secondary N) is 2. The van der Waals surface area contributed by atoms with Crippen molar-refractivity contribution in [2.45, 2.75) is 124 Å². The number of para-hydroxylation sites is 1. The highest BCUT2D eigenvalue weighted by molar-refractivity contribution is 5.94. The van der Waals surface area contributed by atoms with Crippen LogP contribution in [0.2, 0.25) is 0 Å². The van der Waals surface area contributed by atoms with E-state index in [4.69, 9.17) is 11.5 Å². The van der Waals surface area contributed by atoms with Crippen LogP contribution >= 0.6 is 0 Å². The van der Waals surface area contributed by atoms with Gasteiger partial charge in [-0.05, 0) is 56.6 Å². The van der Waals surface area contributed by atoms with Crippen molar-refractivity contribution in [1.29, 1.82) is 0 Å². The number of hydrogen-bond donors (Lipinski definition) is 4. The summed E-state index contributed by atoms with van der Waals surface area (Å²) in [4.78, 5) is 60.3. The lowest BCUT2D eigenvalue weighted by Crippen LogP contribution is -2.45. The molecule has 6 N–H and O–H groups in total. The van der Waals surface area contributed by atoms with Crippen LogP contribution in [-0.2, 0) is 25.6 Å². The van der Waals surface area contributed by atoms with Gasteiger partial charge in [0.25, 0.3) is 0 Å². The van der Waals surface area contributed by atoms with Crippen LogP contribution in [0.3, 0.4) is 0 Å². The number of unbranched alkanes of at least 4 members (excludes halogenated alkanes) is 6. The standard InChI is InChI=1S/C36H57N5O4/c1-5-6-7-8-9-10-11-15-30(43)22-28(21-29-24-40-32-17-13-12-16-31(29)32)35(45)41-33(18-14-19-39-36(37)38)34(44)23-27(26(4)42)20-25(2)3/h12-13,16-17,24-25,27-28,33,40H,5-11,14-15,18-23H2,1-4H3,(H,41,45)(H4,37,38,39)/t27-,28+,33+/m1/s1. The number of H-pyrrole nitrogens is 1. The molecule has 0 aliphatic heterocycles. The molecule has 9 nitrogen and oxygen atoms in total. The zero-order valence-corrected chi connectivity index (χ0v) is 28.0. The van der Waals surface area contributed by atoms with E-state index in [2.05, 4.69) is 22.2 Å². The number of nitrogens with zero attached hydrogens (tertiary/aromatic N) is 1. The number of nitrogens with two attached hydrogens (primary N) is 2. The van der Waals surface area contributed by atoms with Gasteiger partial charge in [-0.1, -0.05) is 77.5 Å². The molecule has 0 radical (unpaired) electrons. The second-order valence-electron chi connectivity index (χ2n) is 13.0. The lowest BCUT2D eigenvalue weighted by molar-refractivity contribution is -0.133. The first kappa shape index (κ1) is 37.7. The molecule has 0 bridgehead atoms. The highest BCUT2D eigenvalue weighted by Gasteiger charge is 2.30. The van der Waals surface area contributed by atoms with Crippen molar-refractivity contribution in [1.82, 2.24) is 10.3 Å². The summed E-state index contributed by atoms with van der Waals surface area (Å²) in [7, 11) is 0. The van der Waals surface area contributed by atoms with Crippen molar-refractivity contribution in [3.05, 3.63) is 36.0 Å². The fourth-order valence-corrected chi connectivity index (χ4v) is 5.93. The predicted octanol–water partition coefficient (Wildman–Crippen LogP) is 6.18. The third-order valence-corrected chi connectivity index (χ3v) is 8.47. The quantitative estimate of drug-likeness (QED) is 0.0621. The number of aliphatic imine (C=N–C) groups is 1. The number of carbonyl (C=O) groups excluding carboxylic acids is 4. The minimum Gasteiger partial charge on any atom is -0.370 e. The van der Waals surface area contributed by atoms with Crippen LogP contribution in [0.1, 0.15) is 117 Å². The number of hydrogen-bond acceptors (Lipinski definition) is 5. The monoisotopic (exact) mass is 623 g/mol. The van der Waals surface area contributed by atoms with Gasteiger partial charge in [-0.3, -0.25) is 24.2 Å². The number of aromatic nitrogens is 1. The molecule has 0 spiro atoms. The van der Waals surface area contributed by atoms with E-state index in [-0.39, 0.29) is 48.0 Å². The van der Waals surface area contributed by atoms with E-state index in [1.54, 1.807) is 0 Å². The molecule has 250 valence electrons. The van der Waals surface area contributed by atoms with Crippen molar-refractivity contribution in [2.75, 3.05) is 6.54 Å². The molecule has 0 aliphatic rings. The topological polar surface area (TPSA) is 160 Å². The summed E-state index contributed by atoms with van der Waals surface area (Å²) < 4.78 is 0. The Morgan fingerprint density at radius 3 is 2.27 bits per heavy atom. The number of guanidine groups is 1. The van der Waals surface area contributed by atoms with Gasteiger partial charge in [0.05, 0.1) is 6.04 Å². The maximum absolute atomic E-state index is 13.9. The highest BCUT2D eigenvalue weighted by atomic mass is 16.2. The number of Topliss-reactive ketones (excluding diaryl/α,β-unsaturated/α-hetero) is 3. The Balaban J connectivity index is 2.20. The molecule has 0 saturated carbocycles. The zero-order valence-electron chi connectivity index (χ0n) is 28.0. The lowest BCUT2D eigenvalue weighted by atomic mass is 9.86. The predicted molar refractivity (Wildman–Crippen MR) is 183 cm³/mol. The first-order valence-electron chi connectivity index (χ1n) is 17.0. The number of rotatable bonds is 24. The van der Waals surface area contributed by atoms with E-state index >= 15 is 0 Å². The van der Waals surface area contributed by atoms with Crippen LogP contribution in [0.25, 0.3) is 10.9 Å². The number of ketones is 3. The number of fused-ring (bicyclic) bond motifs is 1. The van der Waals surface area contributed by atoms with Crippen LogP contribution < -0.4 is 16.8 Å². The van der Waals surface area contributed by atoms with E-state index in [1.807, 2.05) is 44.3 Å². The highest BCUT2D eigenvalue weighted by Crippen LogP contribution is 2.24. The lowest BCUT2D eigenvalue weighted by Gasteiger charge is -2.24. The molecule has 1 aromatic carbocycles. The van der Waals surface area contributed by atoms with Gasteiger partial charge in [0.2, 0.25) is 5.91 Å². The van der Waals surface area contributed by atoms with Gasteiger partial charge in [0.15, 0.2) is 11.7 Å². The van der Waals surface area contributed by atoms with Crippen LogP contribution in [-0.4, -0.2) is 46.8 Å². The fourth-order valence-electron chi connectivity index (χ4n) is 5.93. The van der Waals surface area contributed by atoms with E-state index < -0.39 is 17.9 Å². The summed E-state index contributed by atoms with van der Waals surface area (Å²) in [5.41, 5.74) is 12.9. The number of amides is 1. The summed E-state index contributed by atoms with van der Waals surface area (Å²) in [6, 6.07) is 7.08. The Morgan fingerprint density at radius 1 is 0.911 bits per heavy atom. The number of carbonyl (C=O) groups is 4. The summed E-state index contributed by atoms with van der Waals surface area (Å²) >= 11 is 0. The fraction of sp³-hybridized carbons (Fsp3) is 0.639. The van der Waals surface area contributed by atoms with Gasteiger partial charge in [-0.2, -0.15) is 0 Å². The molecule has 0 saturated heterocycles. The third kappa shape index (κ3) is 14.4. The Kier molecular flexibility index (Phi) is 17.2. The first-order chi connectivity index (χ1) is 21.5.